The van der Waals surface area contributed by atoms with Crippen LogP contribution in [0.4, 0.5) is 4.39 Å². The number of amides is 1. The molecule has 3 N–H and O–H groups in total. The highest BCUT2D eigenvalue weighted by atomic mass is 79.9. The number of unbranched alkanes of at least 4 members (excludes halogenated alkanes) is 1. The fraction of sp³-hybridized carbons (Fsp3) is 0.462. The molecule has 1 aromatic carbocycles. The third kappa shape index (κ3) is 5.05. The highest BCUT2D eigenvalue weighted by Crippen LogP contribution is 2.24. The van der Waals surface area contributed by atoms with Gasteiger partial charge in [-0.15, -0.1) is 0 Å². The van der Waals surface area contributed by atoms with E-state index < -0.39 is 21.7 Å². The number of benzene rings is 1. The lowest BCUT2D eigenvalue weighted by atomic mass is 10.1. The number of halogens is 2. The first-order valence-corrected chi connectivity index (χ1v) is 8.83. The predicted molar refractivity (Wildman–Crippen MR) is 81.9 cm³/mol. The lowest BCUT2D eigenvalue weighted by molar-refractivity contribution is 0.0933. The highest BCUT2D eigenvalue weighted by Gasteiger charge is 2.21. The van der Waals surface area contributed by atoms with Crippen LogP contribution in [-0.4, -0.2) is 20.4 Å². The van der Waals surface area contributed by atoms with E-state index in [0.717, 1.165) is 31.4 Å². The summed E-state index contributed by atoms with van der Waals surface area (Å²) in [5, 5.41) is 7.67. The zero-order chi connectivity index (χ0) is 16.2. The van der Waals surface area contributed by atoms with Crippen LogP contribution in [0.3, 0.4) is 0 Å². The Balaban J connectivity index is 3.05. The van der Waals surface area contributed by atoms with Crippen molar-refractivity contribution in [3.63, 3.8) is 0 Å². The molecule has 118 valence electrons. The van der Waals surface area contributed by atoms with Crippen LogP contribution >= 0.6 is 15.9 Å². The van der Waals surface area contributed by atoms with Crippen molar-refractivity contribution < 1.29 is 17.6 Å². The largest absolute Gasteiger partial charge is 0.349 e. The molecule has 8 heteroatoms. The standard InChI is InChI=1S/C13H18BrFN2O3S/c1-3-4-5-8(2)17-13(18)9-6-12(21(16,19)20)10(14)7-11(9)15/h6-8H,3-5H2,1-2H3,(H,17,18)(H2,16,19,20). The predicted octanol–water partition coefficient (Wildman–Crippen LogP) is 2.54. The zero-order valence-corrected chi connectivity index (χ0v) is 14.2. The van der Waals surface area contributed by atoms with Gasteiger partial charge in [-0.3, -0.25) is 4.79 Å². The average molecular weight is 381 g/mol. The maximum absolute atomic E-state index is 13.8. The Morgan fingerprint density at radius 3 is 2.62 bits per heavy atom. The summed E-state index contributed by atoms with van der Waals surface area (Å²) in [7, 11) is -4.04. The van der Waals surface area contributed by atoms with Gasteiger partial charge >= 0.3 is 0 Å². The normalized spacial score (nSPS) is 13.0. The van der Waals surface area contributed by atoms with Gasteiger partial charge in [0, 0.05) is 10.5 Å². The fourth-order valence-electron chi connectivity index (χ4n) is 1.81. The van der Waals surface area contributed by atoms with Gasteiger partial charge in [0.1, 0.15) is 5.82 Å². The third-order valence-corrected chi connectivity index (χ3v) is 4.81. The second-order valence-electron chi connectivity index (χ2n) is 4.82. The first-order chi connectivity index (χ1) is 9.66. The molecule has 1 atom stereocenters. The molecule has 0 fully saturated rings. The van der Waals surface area contributed by atoms with Crippen LogP contribution < -0.4 is 10.5 Å². The van der Waals surface area contributed by atoms with Crippen LogP contribution in [-0.2, 0) is 10.0 Å². The first-order valence-electron chi connectivity index (χ1n) is 6.49. The summed E-state index contributed by atoms with van der Waals surface area (Å²) in [5.41, 5.74) is -0.342. The fourth-order valence-corrected chi connectivity index (χ4v) is 3.41. The molecule has 0 radical (unpaired) electrons. The van der Waals surface area contributed by atoms with Crippen molar-refractivity contribution >= 4 is 31.9 Å². The number of nitrogens with two attached hydrogens (primary N) is 1. The molecule has 1 aromatic rings. The quantitative estimate of drug-likeness (QED) is 0.794. The van der Waals surface area contributed by atoms with E-state index in [4.69, 9.17) is 5.14 Å². The average Bonchev–Trinajstić information content (AvgIpc) is 2.34. The molecule has 0 saturated heterocycles. The Kier molecular flexibility index (Phi) is 6.30. The van der Waals surface area contributed by atoms with Gasteiger partial charge in [-0.25, -0.2) is 17.9 Å². The van der Waals surface area contributed by atoms with Gasteiger partial charge < -0.3 is 5.32 Å². The molecule has 0 saturated carbocycles. The van der Waals surface area contributed by atoms with E-state index in [0.29, 0.717) is 0 Å². The molecule has 1 rings (SSSR count). The van der Waals surface area contributed by atoms with Crippen molar-refractivity contribution in [2.24, 2.45) is 5.14 Å². The summed E-state index contributed by atoms with van der Waals surface area (Å²) < 4.78 is 36.6. The Morgan fingerprint density at radius 1 is 1.48 bits per heavy atom. The molecule has 0 heterocycles. The number of nitrogens with one attached hydrogen (secondary N) is 1. The van der Waals surface area contributed by atoms with Gasteiger partial charge in [-0.2, -0.15) is 0 Å². The molecule has 0 aliphatic heterocycles. The maximum Gasteiger partial charge on any atom is 0.254 e. The molecule has 1 amide bonds. The van der Waals surface area contributed by atoms with Crippen LogP contribution in [0, 0.1) is 5.82 Å². The van der Waals surface area contributed by atoms with Crippen molar-refractivity contribution in [3.05, 3.63) is 28.0 Å². The van der Waals surface area contributed by atoms with E-state index in [2.05, 4.69) is 21.2 Å². The number of sulfonamides is 1. The van der Waals surface area contributed by atoms with Crippen LogP contribution in [0.15, 0.2) is 21.5 Å². The number of hydrogen-bond donors (Lipinski definition) is 2. The Bertz CT molecular complexity index is 635. The molecule has 0 aromatic heterocycles. The monoisotopic (exact) mass is 380 g/mol. The minimum Gasteiger partial charge on any atom is -0.349 e. The molecule has 0 bridgehead atoms. The number of rotatable bonds is 6. The van der Waals surface area contributed by atoms with Gasteiger partial charge in [0.05, 0.1) is 10.5 Å². The second-order valence-corrected chi connectivity index (χ2v) is 7.21. The number of carbonyl (C=O) groups is 1. The topological polar surface area (TPSA) is 89.3 Å². The molecule has 5 nitrogen and oxygen atoms in total. The van der Waals surface area contributed by atoms with E-state index in [9.17, 15) is 17.6 Å². The maximum atomic E-state index is 13.8. The summed E-state index contributed by atoms with van der Waals surface area (Å²) in [6.07, 6.45) is 2.69. The van der Waals surface area contributed by atoms with Crippen molar-refractivity contribution in [1.29, 1.82) is 0 Å². The van der Waals surface area contributed by atoms with E-state index >= 15 is 0 Å². The van der Waals surface area contributed by atoms with Gasteiger partial charge in [0.25, 0.3) is 5.91 Å². The van der Waals surface area contributed by atoms with Gasteiger partial charge in [0.2, 0.25) is 10.0 Å². The van der Waals surface area contributed by atoms with Crippen molar-refractivity contribution in [2.75, 3.05) is 0 Å². The summed E-state index contributed by atoms with van der Waals surface area (Å²) in [5.74, 6) is -1.47. The van der Waals surface area contributed by atoms with Crippen LogP contribution in [0.5, 0.6) is 0 Å². The van der Waals surface area contributed by atoms with Crippen molar-refractivity contribution in [1.82, 2.24) is 5.32 Å². The summed E-state index contributed by atoms with van der Waals surface area (Å²) >= 11 is 2.92. The Morgan fingerprint density at radius 2 is 2.10 bits per heavy atom. The minimum absolute atomic E-state index is 0.0157. The highest BCUT2D eigenvalue weighted by molar-refractivity contribution is 9.10. The molecule has 0 aliphatic rings. The molecular formula is C13H18BrFN2O3S. The molecule has 21 heavy (non-hydrogen) atoms. The summed E-state index contributed by atoms with van der Waals surface area (Å²) in [6.45, 7) is 3.84. The Labute approximate surface area is 132 Å². The smallest absolute Gasteiger partial charge is 0.254 e. The summed E-state index contributed by atoms with van der Waals surface area (Å²) in [6, 6.07) is 1.74. The lowest BCUT2D eigenvalue weighted by Crippen LogP contribution is -2.33. The van der Waals surface area contributed by atoms with Crippen LogP contribution in [0.2, 0.25) is 0 Å². The van der Waals surface area contributed by atoms with Gasteiger partial charge in [0.15, 0.2) is 0 Å². The number of hydrogen-bond acceptors (Lipinski definition) is 3. The second kappa shape index (κ2) is 7.33. The van der Waals surface area contributed by atoms with Gasteiger partial charge in [-0.1, -0.05) is 19.8 Å². The summed E-state index contributed by atoms with van der Waals surface area (Å²) in [4.78, 5) is 11.7. The molecule has 0 aliphatic carbocycles. The van der Waals surface area contributed by atoms with E-state index in [1.165, 1.54) is 0 Å². The zero-order valence-electron chi connectivity index (χ0n) is 11.8. The lowest BCUT2D eigenvalue weighted by Gasteiger charge is -2.14. The van der Waals surface area contributed by atoms with E-state index in [1.807, 2.05) is 13.8 Å². The number of carbonyl (C=O) groups excluding carboxylic acids is 1. The van der Waals surface area contributed by atoms with Crippen LogP contribution in [0.25, 0.3) is 0 Å². The van der Waals surface area contributed by atoms with Crippen molar-refractivity contribution in [3.8, 4) is 0 Å². The van der Waals surface area contributed by atoms with Gasteiger partial charge in [-0.05, 0) is 41.4 Å². The molecule has 0 spiro atoms. The van der Waals surface area contributed by atoms with E-state index in [-0.39, 0.29) is 21.0 Å². The molecule has 1 unspecified atom stereocenters. The Hall–Kier alpha value is -0.990. The number of primary sulfonamides is 1. The molecular weight excluding hydrogens is 363 g/mol. The SMILES string of the molecule is CCCCC(C)NC(=O)c1cc(S(N)(=O)=O)c(Br)cc1F. The first kappa shape index (κ1) is 18.1. The van der Waals surface area contributed by atoms with Crippen LogP contribution in [0.1, 0.15) is 43.5 Å². The van der Waals surface area contributed by atoms with Crippen molar-refractivity contribution in [2.45, 2.75) is 44.0 Å². The minimum atomic E-state index is -4.04. The third-order valence-electron chi connectivity index (χ3n) is 2.94. The van der Waals surface area contributed by atoms with E-state index in [1.54, 1.807) is 0 Å².